The van der Waals surface area contributed by atoms with Crippen molar-refractivity contribution in [2.24, 2.45) is 11.5 Å². The van der Waals surface area contributed by atoms with Crippen LogP contribution in [-0.2, 0) is 19.1 Å². The monoisotopic (exact) mass is 479 g/mol. The third kappa shape index (κ3) is 6.11. The van der Waals surface area contributed by atoms with Crippen molar-refractivity contribution < 1.29 is 48.7 Å². The number of aromatic amines is 1. The molecule has 1 aliphatic rings. The Morgan fingerprint density at radius 2 is 1.94 bits per heavy atom. The summed E-state index contributed by atoms with van der Waals surface area (Å²) in [4.78, 5) is 59.2. The molecule has 2 rings (SSSR count). The number of carboxylic acids is 1. The average Bonchev–Trinajstić information content (AvgIpc) is 3.01. The smallest absolute Gasteiger partial charge is 0.404 e. The van der Waals surface area contributed by atoms with Crippen LogP contribution in [0.2, 0.25) is 0 Å². The van der Waals surface area contributed by atoms with Gasteiger partial charge in [0.15, 0.2) is 12.3 Å². The minimum absolute atomic E-state index is 0.393. The van der Waals surface area contributed by atoms with E-state index in [1.54, 1.807) is 4.98 Å². The highest BCUT2D eigenvalue weighted by Crippen LogP contribution is 2.30. The zero-order valence-electron chi connectivity index (χ0n) is 16.7. The number of hydrogen-bond acceptors (Lipinski definition) is 11. The van der Waals surface area contributed by atoms with Gasteiger partial charge in [-0.1, -0.05) is 0 Å². The minimum atomic E-state index is -2.01. The number of rotatable bonds is 9. The molecular weight excluding hydrogens is 457 g/mol. The number of aliphatic hydroxyl groups is 3. The van der Waals surface area contributed by atoms with Crippen LogP contribution < -0.4 is 28.0 Å². The molecule has 1 saturated heterocycles. The molecule has 0 radical (unpaired) electrons. The first-order chi connectivity index (χ1) is 15.3. The Morgan fingerprint density at radius 1 is 1.30 bits per heavy atom. The molecule has 1 aromatic rings. The zero-order valence-corrected chi connectivity index (χ0v) is 16.7. The lowest BCUT2D eigenvalue weighted by atomic mass is 10.0. The number of aliphatic carboxylic acids is 1. The molecule has 184 valence electrons. The fraction of sp³-hybridized carbons (Fsp3) is 0.562. The average molecular weight is 479 g/mol. The van der Waals surface area contributed by atoms with E-state index in [2.05, 4.69) is 4.74 Å². The molecule has 0 aliphatic carbocycles. The first-order valence-corrected chi connectivity index (χ1v) is 9.25. The number of aromatic nitrogens is 2. The number of ether oxygens (including phenoxy) is 2. The molecule has 16 nitrogen and oxygen atoms in total. The number of halogens is 1. The summed E-state index contributed by atoms with van der Waals surface area (Å²) in [7, 11) is 0. The van der Waals surface area contributed by atoms with Crippen LogP contribution in [0.4, 0.5) is 9.18 Å². The van der Waals surface area contributed by atoms with Crippen molar-refractivity contribution in [3.05, 3.63) is 32.9 Å². The van der Waals surface area contributed by atoms with Crippen LogP contribution in [0.15, 0.2) is 15.8 Å². The summed E-state index contributed by atoms with van der Waals surface area (Å²) in [6.45, 7) is -0.582. The molecule has 0 bridgehead atoms. The van der Waals surface area contributed by atoms with Gasteiger partial charge in [0.1, 0.15) is 24.9 Å². The molecule has 0 spiro atoms. The lowest BCUT2D eigenvalue weighted by Crippen LogP contribution is -2.56. The van der Waals surface area contributed by atoms with E-state index in [1.165, 1.54) is 0 Å². The van der Waals surface area contributed by atoms with Gasteiger partial charge in [-0.25, -0.2) is 14.4 Å². The first kappa shape index (κ1) is 25.9. The first-order valence-electron chi connectivity index (χ1n) is 9.25. The van der Waals surface area contributed by atoms with E-state index in [4.69, 9.17) is 16.2 Å². The molecule has 17 heteroatoms. The van der Waals surface area contributed by atoms with Gasteiger partial charge in [-0.05, 0) is 0 Å². The van der Waals surface area contributed by atoms with Crippen molar-refractivity contribution in [1.29, 1.82) is 0 Å². The van der Waals surface area contributed by atoms with Gasteiger partial charge in [0.25, 0.3) is 5.56 Å². The number of carboxylic acid groups (broad SMARTS) is 1. The number of amides is 2. The van der Waals surface area contributed by atoms with E-state index in [0.717, 1.165) is 0 Å². The highest BCUT2D eigenvalue weighted by molar-refractivity contribution is 5.87. The quantitative estimate of drug-likeness (QED) is 0.165. The summed E-state index contributed by atoms with van der Waals surface area (Å²) < 4.78 is 23.5. The van der Waals surface area contributed by atoms with Gasteiger partial charge in [0, 0.05) is 6.42 Å². The lowest BCUT2D eigenvalue weighted by Gasteiger charge is -2.25. The normalized spacial score (nSPS) is 25.1. The van der Waals surface area contributed by atoms with Crippen LogP contribution in [0.25, 0.3) is 0 Å². The highest BCUT2D eigenvalue weighted by Gasteiger charge is 2.50. The summed E-state index contributed by atoms with van der Waals surface area (Å²) >= 11 is 0. The molecule has 1 aromatic heterocycles. The predicted molar refractivity (Wildman–Crippen MR) is 101 cm³/mol. The largest absolute Gasteiger partial charge is 0.480 e. The number of H-pyrrole nitrogens is 1. The van der Waals surface area contributed by atoms with Gasteiger partial charge >= 0.3 is 17.8 Å². The van der Waals surface area contributed by atoms with Crippen LogP contribution in [0.5, 0.6) is 0 Å². The van der Waals surface area contributed by atoms with Crippen LogP contribution in [0.3, 0.4) is 0 Å². The fourth-order valence-electron chi connectivity index (χ4n) is 3.03. The van der Waals surface area contributed by atoms with Crippen LogP contribution in [0.1, 0.15) is 12.6 Å². The van der Waals surface area contributed by atoms with Crippen molar-refractivity contribution in [3.8, 4) is 0 Å². The van der Waals surface area contributed by atoms with Crippen LogP contribution in [-0.4, -0.2) is 91.1 Å². The Balaban J connectivity index is 2.15. The number of nitrogens with one attached hydrogen (secondary N) is 2. The van der Waals surface area contributed by atoms with Gasteiger partial charge in [-0.2, -0.15) is 4.39 Å². The summed E-state index contributed by atoms with van der Waals surface area (Å²) in [5.74, 6) is -4.28. The van der Waals surface area contributed by atoms with E-state index < -0.39 is 90.8 Å². The number of hydrogen-bond donors (Lipinski definition) is 8. The van der Waals surface area contributed by atoms with Crippen molar-refractivity contribution in [2.45, 2.75) is 49.1 Å². The molecule has 1 aliphatic heterocycles. The Hall–Kier alpha value is -3.38. The van der Waals surface area contributed by atoms with Crippen LogP contribution in [0, 0.1) is 5.82 Å². The fourth-order valence-corrected chi connectivity index (χ4v) is 3.03. The number of carbonyl (C=O) groups is 3. The third-order valence-corrected chi connectivity index (χ3v) is 4.65. The number of aliphatic hydroxyl groups excluding tert-OH is 3. The zero-order chi connectivity index (χ0) is 25.0. The van der Waals surface area contributed by atoms with Gasteiger partial charge < -0.3 is 46.7 Å². The molecule has 7 unspecified atom stereocenters. The number of carbonyl (C=O) groups excluding carboxylic acids is 2. The van der Waals surface area contributed by atoms with E-state index in [0.29, 0.717) is 10.8 Å². The van der Waals surface area contributed by atoms with Crippen molar-refractivity contribution in [1.82, 2.24) is 14.9 Å². The molecule has 33 heavy (non-hydrogen) atoms. The summed E-state index contributed by atoms with van der Waals surface area (Å²) in [5, 5.41) is 41.5. The number of nitrogens with zero attached hydrogens (tertiary/aromatic N) is 1. The molecular formula is C16H22FN5O11. The highest BCUT2D eigenvalue weighted by atomic mass is 19.1. The lowest BCUT2D eigenvalue weighted by molar-refractivity contribution is -0.149. The van der Waals surface area contributed by atoms with E-state index in [1.807, 2.05) is 5.32 Å². The minimum Gasteiger partial charge on any atom is -0.480 e. The Morgan fingerprint density at radius 3 is 2.52 bits per heavy atom. The predicted octanol–water partition coefficient (Wildman–Crippen LogP) is -4.96. The molecule has 0 aromatic carbocycles. The van der Waals surface area contributed by atoms with Gasteiger partial charge in [-0.15, -0.1) is 0 Å². The Bertz CT molecular complexity index is 1010. The number of nitrogens with two attached hydrogens (primary N) is 2. The Labute approximate surface area is 182 Å². The SMILES string of the molecule is NC(=O)OCC(O)CC(N)C(=O)NC(C(=O)O)C1OC(n2cc(F)c(=O)[nH]c2=O)C(O)C1O. The topological polar surface area (TPSA) is 270 Å². The second-order valence-corrected chi connectivity index (χ2v) is 7.07. The third-order valence-electron chi connectivity index (χ3n) is 4.65. The maximum atomic E-state index is 13.6. The van der Waals surface area contributed by atoms with E-state index in [9.17, 15) is 48.8 Å². The molecule has 10 N–H and O–H groups in total. The second-order valence-electron chi connectivity index (χ2n) is 7.07. The standard InChI is InChI=1S/C16H22FN5O11/c17-5-2-22(16(31)21-11(5)26)13-9(25)8(24)10(33-13)7(14(28)29)20-12(27)6(18)1-4(23)3-32-15(19)30/h2,4,6-10,13,23-25H,1,3,18H2,(H2,19,30)(H,20,27)(H,28,29)(H,21,26,31). The molecule has 7 atom stereocenters. The second kappa shape index (κ2) is 10.5. The maximum Gasteiger partial charge on any atom is 0.404 e. The van der Waals surface area contributed by atoms with E-state index in [-0.39, 0.29) is 0 Å². The molecule has 2 amide bonds. The Kier molecular flexibility index (Phi) is 8.23. The van der Waals surface area contributed by atoms with E-state index >= 15 is 0 Å². The molecule has 0 saturated carbocycles. The molecule has 1 fully saturated rings. The van der Waals surface area contributed by atoms with Crippen molar-refractivity contribution >= 4 is 18.0 Å². The van der Waals surface area contributed by atoms with Gasteiger partial charge in [-0.3, -0.25) is 19.1 Å². The van der Waals surface area contributed by atoms with Crippen molar-refractivity contribution in [2.75, 3.05) is 6.61 Å². The summed E-state index contributed by atoms with van der Waals surface area (Å²) in [6.07, 6.45) is -10.3. The van der Waals surface area contributed by atoms with Crippen molar-refractivity contribution in [3.63, 3.8) is 0 Å². The molecule has 2 heterocycles. The maximum absolute atomic E-state index is 13.6. The van der Waals surface area contributed by atoms with Crippen LogP contribution >= 0.6 is 0 Å². The van der Waals surface area contributed by atoms with Gasteiger partial charge in [0.2, 0.25) is 11.7 Å². The summed E-state index contributed by atoms with van der Waals surface area (Å²) in [6, 6.07) is -3.52. The summed E-state index contributed by atoms with van der Waals surface area (Å²) in [5.41, 5.74) is 7.76. The number of primary amides is 1. The van der Waals surface area contributed by atoms with Gasteiger partial charge in [0.05, 0.1) is 18.3 Å².